The molecule has 0 saturated carbocycles. The SMILES string of the molecule is Cc1cc(C(C#N)c2nc3ccccc3o2)nc(N2CCN(Cc3ccccc3)CC2)n1. The van der Waals surface area contributed by atoms with E-state index < -0.39 is 5.92 Å². The number of nitrogens with zero attached hydrogens (tertiary/aromatic N) is 6. The summed E-state index contributed by atoms with van der Waals surface area (Å²) in [5, 5.41) is 9.89. The molecule has 3 heterocycles. The number of hydrogen-bond donors (Lipinski definition) is 0. The van der Waals surface area contributed by atoms with E-state index in [1.165, 1.54) is 5.56 Å². The molecule has 0 spiro atoms. The van der Waals surface area contributed by atoms with Crippen LogP contribution < -0.4 is 4.90 Å². The van der Waals surface area contributed by atoms with Gasteiger partial charge in [-0.15, -0.1) is 0 Å². The third-order valence-electron chi connectivity index (χ3n) is 5.75. The van der Waals surface area contributed by atoms with Gasteiger partial charge in [0.25, 0.3) is 0 Å². The molecule has 1 atom stereocenters. The van der Waals surface area contributed by atoms with Crippen LogP contribution in [0.3, 0.4) is 0 Å². The predicted octanol–water partition coefficient (Wildman–Crippen LogP) is 3.90. The minimum Gasteiger partial charge on any atom is -0.439 e. The van der Waals surface area contributed by atoms with Crippen LogP contribution in [0.1, 0.15) is 28.8 Å². The van der Waals surface area contributed by atoms with Crippen molar-refractivity contribution in [1.29, 1.82) is 5.26 Å². The van der Waals surface area contributed by atoms with Gasteiger partial charge in [0.05, 0.1) is 11.8 Å². The number of oxazole rings is 1. The highest BCUT2D eigenvalue weighted by Gasteiger charge is 2.25. The minimum absolute atomic E-state index is 0.366. The Balaban J connectivity index is 1.34. The maximum atomic E-state index is 9.89. The lowest BCUT2D eigenvalue weighted by atomic mass is 10.1. The van der Waals surface area contributed by atoms with Crippen molar-refractivity contribution in [3.63, 3.8) is 0 Å². The van der Waals surface area contributed by atoms with E-state index in [1.807, 2.05) is 43.3 Å². The van der Waals surface area contributed by atoms with Crippen LogP contribution in [0, 0.1) is 18.3 Å². The molecule has 0 N–H and O–H groups in total. The molecule has 7 nitrogen and oxygen atoms in total. The fraction of sp³-hybridized carbons (Fsp3) is 0.280. The van der Waals surface area contributed by atoms with Crippen LogP contribution in [0.2, 0.25) is 0 Å². The first-order valence-corrected chi connectivity index (χ1v) is 10.8. The highest BCUT2D eigenvalue weighted by atomic mass is 16.3. The number of hydrogen-bond acceptors (Lipinski definition) is 7. The first kappa shape index (κ1) is 20.2. The van der Waals surface area contributed by atoms with Crippen molar-refractivity contribution in [1.82, 2.24) is 19.9 Å². The Morgan fingerprint density at radius 2 is 1.72 bits per heavy atom. The van der Waals surface area contributed by atoms with Gasteiger partial charge in [-0.25, -0.2) is 15.0 Å². The maximum Gasteiger partial charge on any atom is 0.225 e. The molecule has 0 bridgehead atoms. The lowest BCUT2D eigenvalue weighted by Gasteiger charge is -2.35. The number of anilines is 1. The van der Waals surface area contributed by atoms with Crippen molar-refractivity contribution in [2.75, 3.05) is 31.1 Å². The average Bonchev–Trinajstić information content (AvgIpc) is 3.24. The van der Waals surface area contributed by atoms with E-state index >= 15 is 0 Å². The summed E-state index contributed by atoms with van der Waals surface area (Å²) in [7, 11) is 0. The van der Waals surface area contributed by atoms with Gasteiger partial charge in [0.1, 0.15) is 5.52 Å². The van der Waals surface area contributed by atoms with Crippen molar-refractivity contribution in [2.45, 2.75) is 19.4 Å². The quantitative estimate of drug-likeness (QED) is 0.480. The predicted molar refractivity (Wildman–Crippen MR) is 122 cm³/mol. The van der Waals surface area contributed by atoms with Gasteiger partial charge >= 0.3 is 0 Å². The van der Waals surface area contributed by atoms with Crippen molar-refractivity contribution in [3.05, 3.63) is 83.5 Å². The highest BCUT2D eigenvalue weighted by molar-refractivity contribution is 5.72. The van der Waals surface area contributed by atoms with E-state index in [4.69, 9.17) is 9.40 Å². The van der Waals surface area contributed by atoms with Crippen LogP contribution in [0.5, 0.6) is 0 Å². The Kier molecular flexibility index (Phi) is 5.53. The molecule has 5 rings (SSSR count). The smallest absolute Gasteiger partial charge is 0.225 e. The lowest BCUT2D eigenvalue weighted by molar-refractivity contribution is 0.248. The normalized spacial score (nSPS) is 15.6. The zero-order chi connectivity index (χ0) is 21.9. The molecule has 1 aliphatic heterocycles. The van der Waals surface area contributed by atoms with Crippen molar-refractivity contribution in [2.24, 2.45) is 0 Å². The number of rotatable bonds is 5. The highest BCUT2D eigenvalue weighted by Crippen LogP contribution is 2.27. The first-order chi connectivity index (χ1) is 15.7. The van der Waals surface area contributed by atoms with Crippen LogP contribution in [0.25, 0.3) is 11.1 Å². The standard InChI is InChI=1S/C25H24N6O/c1-18-15-22(20(16-26)24-28-21-9-5-6-10-23(21)32-24)29-25(27-18)31-13-11-30(12-14-31)17-19-7-3-2-4-8-19/h2-10,15,20H,11-14,17H2,1H3. The number of piperazine rings is 1. The van der Waals surface area contributed by atoms with Crippen LogP contribution in [0.15, 0.2) is 65.1 Å². The molecule has 7 heteroatoms. The summed E-state index contributed by atoms with van der Waals surface area (Å²) in [6, 6.07) is 22.2. The largest absolute Gasteiger partial charge is 0.439 e. The van der Waals surface area contributed by atoms with Gasteiger partial charge in [-0.05, 0) is 30.7 Å². The molecule has 0 aliphatic carbocycles. The Labute approximate surface area is 187 Å². The zero-order valence-corrected chi connectivity index (χ0v) is 18.0. The topological polar surface area (TPSA) is 82.1 Å². The number of aryl methyl sites for hydroxylation is 1. The molecular formula is C25H24N6O. The van der Waals surface area contributed by atoms with E-state index in [9.17, 15) is 5.26 Å². The Bertz CT molecular complexity index is 1220. The third kappa shape index (κ3) is 4.18. The summed E-state index contributed by atoms with van der Waals surface area (Å²) in [6.07, 6.45) is 0. The average molecular weight is 425 g/mol. The lowest BCUT2D eigenvalue weighted by Crippen LogP contribution is -2.46. The van der Waals surface area contributed by atoms with E-state index in [2.05, 4.69) is 50.1 Å². The van der Waals surface area contributed by atoms with Gasteiger partial charge < -0.3 is 9.32 Å². The molecule has 0 amide bonds. The summed E-state index contributed by atoms with van der Waals surface area (Å²) in [5.41, 5.74) is 4.18. The summed E-state index contributed by atoms with van der Waals surface area (Å²) >= 11 is 0. The molecule has 2 aromatic heterocycles. The van der Waals surface area contributed by atoms with Crippen LogP contribution in [0.4, 0.5) is 5.95 Å². The molecule has 160 valence electrons. The maximum absolute atomic E-state index is 9.89. The molecule has 1 aliphatic rings. The fourth-order valence-electron chi connectivity index (χ4n) is 4.08. The van der Waals surface area contributed by atoms with Crippen molar-refractivity contribution < 1.29 is 4.42 Å². The molecule has 4 aromatic rings. The number of para-hydroxylation sites is 2. The van der Waals surface area contributed by atoms with Crippen LogP contribution >= 0.6 is 0 Å². The molecule has 1 saturated heterocycles. The van der Waals surface area contributed by atoms with Gasteiger partial charge in [0, 0.05) is 38.4 Å². The second-order valence-electron chi connectivity index (χ2n) is 8.06. The number of aromatic nitrogens is 3. The van der Waals surface area contributed by atoms with Gasteiger partial charge in [-0.1, -0.05) is 42.5 Å². The van der Waals surface area contributed by atoms with Gasteiger partial charge in [0.15, 0.2) is 11.5 Å². The van der Waals surface area contributed by atoms with Crippen molar-refractivity contribution >= 4 is 17.0 Å². The molecule has 32 heavy (non-hydrogen) atoms. The van der Waals surface area contributed by atoms with Crippen molar-refractivity contribution in [3.8, 4) is 6.07 Å². The van der Waals surface area contributed by atoms with Crippen LogP contribution in [-0.4, -0.2) is 46.0 Å². The Morgan fingerprint density at radius 3 is 2.47 bits per heavy atom. The van der Waals surface area contributed by atoms with E-state index in [-0.39, 0.29) is 0 Å². The number of benzene rings is 2. The summed E-state index contributed by atoms with van der Waals surface area (Å²) in [6.45, 7) is 6.44. The van der Waals surface area contributed by atoms with E-state index in [0.717, 1.165) is 43.9 Å². The summed E-state index contributed by atoms with van der Waals surface area (Å²) in [4.78, 5) is 18.6. The molecule has 1 fully saturated rings. The molecule has 2 aromatic carbocycles. The molecule has 0 radical (unpaired) electrons. The second kappa shape index (κ2) is 8.77. The van der Waals surface area contributed by atoms with Gasteiger partial charge in [-0.2, -0.15) is 5.26 Å². The minimum atomic E-state index is -0.679. The van der Waals surface area contributed by atoms with Gasteiger partial charge in [-0.3, -0.25) is 4.90 Å². The second-order valence-corrected chi connectivity index (χ2v) is 8.06. The van der Waals surface area contributed by atoms with E-state index in [1.54, 1.807) is 0 Å². The van der Waals surface area contributed by atoms with Gasteiger partial charge in [0.2, 0.25) is 11.8 Å². The van der Waals surface area contributed by atoms with E-state index in [0.29, 0.717) is 23.1 Å². The van der Waals surface area contributed by atoms with Crippen LogP contribution in [-0.2, 0) is 6.54 Å². The Hall–Kier alpha value is -3.76. The fourth-order valence-corrected chi connectivity index (χ4v) is 4.08. The zero-order valence-electron chi connectivity index (χ0n) is 18.0. The summed E-state index contributed by atoms with van der Waals surface area (Å²) < 4.78 is 5.86. The Morgan fingerprint density at radius 1 is 0.969 bits per heavy atom. The third-order valence-corrected chi connectivity index (χ3v) is 5.75. The summed E-state index contributed by atoms with van der Waals surface area (Å²) in [5.74, 6) is 0.350. The molecule has 1 unspecified atom stereocenters. The molecular weight excluding hydrogens is 400 g/mol. The number of fused-ring (bicyclic) bond motifs is 1. The number of nitriles is 1. The first-order valence-electron chi connectivity index (χ1n) is 10.8. The monoisotopic (exact) mass is 424 g/mol.